The van der Waals surface area contributed by atoms with Crippen LogP contribution in [0.3, 0.4) is 0 Å². The number of alkyl halides is 2. The molecule has 8 heteroatoms. The summed E-state index contributed by atoms with van der Waals surface area (Å²) in [5, 5.41) is 13.6. The Hall–Kier alpha value is -3.52. The molecule has 2 heterocycles. The molecule has 0 amide bonds. The highest BCUT2D eigenvalue weighted by molar-refractivity contribution is 5.85. The highest BCUT2D eigenvalue weighted by Crippen LogP contribution is 2.29. The van der Waals surface area contributed by atoms with Crippen molar-refractivity contribution in [2.45, 2.75) is 26.4 Å². The fourth-order valence-electron chi connectivity index (χ4n) is 3.63. The summed E-state index contributed by atoms with van der Waals surface area (Å²) >= 11 is 0. The summed E-state index contributed by atoms with van der Waals surface area (Å²) in [5.41, 5.74) is 3.56. The van der Waals surface area contributed by atoms with E-state index in [1.54, 1.807) is 13.0 Å². The van der Waals surface area contributed by atoms with E-state index in [-0.39, 0.29) is 29.1 Å². The van der Waals surface area contributed by atoms with Crippen molar-refractivity contribution < 1.29 is 13.9 Å². The maximum Gasteiger partial charge on any atom is 0.263 e. The number of rotatable bonds is 6. The summed E-state index contributed by atoms with van der Waals surface area (Å²) in [6.07, 6.45) is -1.88. The largest absolute Gasteiger partial charge is 0.387 e. The van der Waals surface area contributed by atoms with E-state index in [1.165, 1.54) is 18.3 Å². The number of benzene rings is 2. The van der Waals surface area contributed by atoms with Gasteiger partial charge in [-0.1, -0.05) is 29.8 Å². The van der Waals surface area contributed by atoms with Crippen molar-refractivity contribution in [2.75, 3.05) is 11.9 Å². The second kappa shape index (κ2) is 8.31. The molecule has 0 radical (unpaired) electrons. The molecule has 160 valence electrons. The Balaban J connectivity index is 1.68. The van der Waals surface area contributed by atoms with Crippen LogP contribution in [0.4, 0.5) is 14.5 Å². The number of aliphatic hydroxyl groups is 1. The van der Waals surface area contributed by atoms with Crippen LogP contribution in [0.15, 0.2) is 53.5 Å². The Morgan fingerprint density at radius 1 is 1.13 bits per heavy atom. The average Bonchev–Trinajstić information content (AvgIpc) is 3.16. The van der Waals surface area contributed by atoms with Crippen molar-refractivity contribution in [1.82, 2.24) is 15.0 Å². The molecule has 1 atom stereocenters. The smallest absolute Gasteiger partial charge is 0.263 e. The number of aryl methyl sites for hydroxylation is 2. The van der Waals surface area contributed by atoms with Gasteiger partial charge in [0.2, 0.25) is 0 Å². The monoisotopic (exact) mass is 424 g/mol. The second-order valence-electron chi connectivity index (χ2n) is 7.53. The first-order valence-corrected chi connectivity index (χ1v) is 9.82. The van der Waals surface area contributed by atoms with Crippen LogP contribution in [0.5, 0.6) is 0 Å². The highest BCUT2D eigenvalue weighted by atomic mass is 19.3. The van der Waals surface area contributed by atoms with Gasteiger partial charge in [-0.25, -0.2) is 13.8 Å². The predicted molar refractivity (Wildman–Crippen MR) is 116 cm³/mol. The van der Waals surface area contributed by atoms with Gasteiger partial charge >= 0.3 is 0 Å². The SMILES string of the molecule is Cc1cccc([C@@H](O)CNc2cc[nH]c(=O)c2-c2nc3c(C)cc(C(F)F)cc3[nH]2)c1. The molecule has 2 aromatic carbocycles. The topological polar surface area (TPSA) is 93.8 Å². The number of hydrogen-bond donors (Lipinski definition) is 4. The molecule has 0 spiro atoms. The fraction of sp³-hybridized carbons (Fsp3) is 0.217. The van der Waals surface area contributed by atoms with Crippen molar-refractivity contribution in [3.8, 4) is 11.4 Å². The molecule has 31 heavy (non-hydrogen) atoms. The molecule has 6 nitrogen and oxygen atoms in total. The van der Waals surface area contributed by atoms with Crippen molar-refractivity contribution in [3.05, 3.63) is 81.3 Å². The van der Waals surface area contributed by atoms with Crippen LogP contribution in [-0.2, 0) is 0 Å². The summed E-state index contributed by atoms with van der Waals surface area (Å²) in [5.74, 6) is 0.263. The molecule has 0 aliphatic carbocycles. The van der Waals surface area contributed by atoms with Gasteiger partial charge < -0.3 is 20.4 Å². The first kappa shape index (κ1) is 20.7. The molecule has 2 aromatic heterocycles. The Kier molecular flexibility index (Phi) is 5.56. The molecule has 4 rings (SSSR count). The molecule has 0 aliphatic rings. The molecule has 0 unspecified atom stereocenters. The van der Waals surface area contributed by atoms with Crippen LogP contribution >= 0.6 is 0 Å². The Morgan fingerprint density at radius 2 is 1.94 bits per heavy atom. The molecular formula is C23H22F2N4O2. The molecule has 0 saturated heterocycles. The number of H-pyrrole nitrogens is 2. The summed E-state index contributed by atoms with van der Waals surface area (Å²) in [6, 6.07) is 12.0. The first-order valence-electron chi connectivity index (χ1n) is 9.82. The average molecular weight is 424 g/mol. The van der Waals surface area contributed by atoms with Crippen LogP contribution in [0.1, 0.15) is 34.8 Å². The van der Waals surface area contributed by atoms with Gasteiger partial charge in [0.15, 0.2) is 0 Å². The number of imidazole rings is 1. The summed E-state index contributed by atoms with van der Waals surface area (Å²) in [4.78, 5) is 22.7. The quantitative estimate of drug-likeness (QED) is 0.363. The third-order valence-corrected chi connectivity index (χ3v) is 5.16. The number of halogens is 2. The maximum absolute atomic E-state index is 13.2. The van der Waals surface area contributed by atoms with Gasteiger partial charge in [0.25, 0.3) is 12.0 Å². The molecule has 0 aliphatic heterocycles. The van der Waals surface area contributed by atoms with E-state index in [0.29, 0.717) is 22.3 Å². The number of nitrogens with one attached hydrogen (secondary N) is 3. The zero-order chi connectivity index (χ0) is 22.1. The molecule has 0 fully saturated rings. The Morgan fingerprint density at radius 3 is 2.68 bits per heavy atom. The minimum absolute atomic E-state index is 0.109. The van der Waals surface area contributed by atoms with Crippen molar-refractivity contribution in [3.63, 3.8) is 0 Å². The third-order valence-electron chi connectivity index (χ3n) is 5.16. The minimum Gasteiger partial charge on any atom is -0.387 e. The van der Waals surface area contributed by atoms with Gasteiger partial charge in [-0.3, -0.25) is 4.79 Å². The molecule has 0 saturated carbocycles. The summed E-state index contributed by atoms with van der Waals surface area (Å²) in [7, 11) is 0. The number of aliphatic hydroxyl groups excluding tert-OH is 1. The van der Waals surface area contributed by atoms with Crippen LogP contribution in [-0.4, -0.2) is 26.6 Å². The lowest BCUT2D eigenvalue weighted by atomic mass is 10.1. The van der Waals surface area contributed by atoms with Gasteiger partial charge in [-0.05, 0) is 43.2 Å². The molecule has 4 N–H and O–H groups in total. The molecule has 0 bridgehead atoms. The van der Waals surface area contributed by atoms with Gasteiger partial charge in [-0.2, -0.15) is 0 Å². The van der Waals surface area contributed by atoms with Crippen LogP contribution in [0.2, 0.25) is 0 Å². The van der Waals surface area contributed by atoms with E-state index in [4.69, 9.17) is 0 Å². The molecule has 4 aromatic rings. The van der Waals surface area contributed by atoms with E-state index in [1.807, 2.05) is 31.2 Å². The maximum atomic E-state index is 13.2. The van der Waals surface area contributed by atoms with E-state index >= 15 is 0 Å². The fourth-order valence-corrected chi connectivity index (χ4v) is 3.63. The van der Waals surface area contributed by atoms with Crippen LogP contribution < -0.4 is 10.9 Å². The number of fused-ring (bicyclic) bond motifs is 1. The lowest BCUT2D eigenvalue weighted by Crippen LogP contribution is -2.17. The van der Waals surface area contributed by atoms with Crippen LogP contribution in [0, 0.1) is 13.8 Å². The van der Waals surface area contributed by atoms with E-state index in [0.717, 1.165) is 11.1 Å². The zero-order valence-corrected chi connectivity index (χ0v) is 17.0. The normalized spacial score (nSPS) is 12.5. The highest BCUT2D eigenvalue weighted by Gasteiger charge is 2.18. The zero-order valence-electron chi connectivity index (χ0n) is 17.0. The summed E-state index contributed by atoms with van der Waals surface area (Å²) in [6.45, 7) is 3.82. The number of aromatic amines is 2. The number of anilines is 1. The van der Waals surface area contributed by atoms with E-state index < -0.39 is 12.5 Å². The van der Waals surface area contributed by atoms with Crippen molar-refractivity contribution in [2.24, 2.45) is 0 Å². The van der Waals surface area contributed by atoms with Gasteiger partial charge in [-0.15, -0.1) is 0 Å². The lowest BCUT2D eigenvalue weighted by molar-refractivity contribution is 0.151. The number of pyridine rings is 1. The van der Waals surface area contributed by atoms with Gasteiger partial charge in [0.05, 0.1) is 22.8 Å². The van der Waals surface area contributed by atoms with Gasteiger partial charge in [0.1, 0.15) is 11.4 Å². The van der Waals surface area contributed by atoms with E-state index in [9.17, 15) is 18.7 Å². The Labute approximate surface area is 177 Å². The lowest BCUT2D eigenvalue weighted by Gasteiger charge is -2.15. The predicted octanol–water partition coefficient (Wildman–Crippen LogP) is 4.62. The number of hydrogen-bond acceptors (Lipinski definition) is 4. The van der Waals surface area contributed by atoms with Crippen LogP contribution in [0.25, 0.3) is 22.4 Å². The van der Waals surface area contributed by atoms with Crippen molar-refractivity contribution >= 4 is 16.7 Å². The Bertz CT molecular complexity index is 1300. The first-order chi connectivity index (χ1) is 14.8. The second-order valence-corrected chi connectivity index (χ2v) is 7.53. The van der Waals surface area contributed by atoms with Gasteiger partial charge in [0, 0.05) is 18.3 Å². The summed E-state index contributed by atoms with van der Waals surface area (Å²) < 4.78 is 26.3. The van der Waals surface area contributed by atoms with E-state index in [2.05, 4.69) is 20.3 Å². The number of nitrogens with zero attached hydrogens (tertiary/aromatic N) is 1. The number of aromatic nitrogens is 3. The molecular weight excluding hydrogens is 402 g/mol. The standard InChI is InChI=1S/C23H22F2N4O2/c1-12-4-3-5-14(8-12)18(30)11-27-16-6-7-26-23(31)19(16)22-28-17-10-15(21(24)25)9-13(2)20(17)29-22/h3-10,18,21,30H,11H2,1-2H3,(H,28,29)(H2,26,27,31)/t18-/m0/s1. The van der Waals surface area contributed by atoms with Crippen molar-refractivity contribution in [1.29, 1.82) is 0 Å². The minimum atomic E-state index is -2.60. The third kappa shape index (κ3) is 4.20.